The highest BCUT2D eigenvalue weighted by atomic mass is 79.9. The van der Waals surface area contributed by atoms with Crippen LogP contribution in [0.2, 0.25) is 0 Å². The van der Waals surface area contributed by atoms with Crippen molar-refractivity contribution in [3.63, 3.8) is 0 Å². The molecule has 0 aliphatic rings. The SMILES string of the molecule is COc1cc(Br)ccc1[C@H](CC#N)C(=O)N(C=O)[C@H](CO)C(C)C. The summed E-state index contributed by atoms with van der Waals surface area (Å²) in [6.07, 6.45) is 0.316. The fourth-order valence-electron chi connectivity index (χ4n) is 2.49. The van der Waals surface area contributed by atoms with Crippen LogP contribution in [0.3, 0.4) is 0 Å². The highest BCUT2D eigenvalue weighted by molar-refractivity contribution is 9.10. The molecule has 0 saturated heterocycles. The Morgan fingerprint density at radius 2 is 2.17 bits per heavy atom. The van der Waals surface area contributed by atoms with E-state index in [1.165, 1.54) is 7.11 Å². The number of halogens is 1. The van der Waals surface area contributed by atoms with E-state index in [9.17, 15) is 14.7 Å². The average Bonchev–Trinajstić information content (AvgIpc) is 2.56. The van der Waals surface area contributed by atoms with Gasteiger partial charge < -0.3 is 9.84 Å². The van der Waals surface area contributed by atoms with E-state index in [1.807, 2.05) is 19.9 Å². The van der Waals surface area contributed by atoms with Gasteiger partial charge in [-0.1, -0.05) is 35.8 Å². The van der Waals surface area contributed by atoms with Gasteiger partial charge in [0.15, 0.2) is 0 Å². The average molecular weight is 397 g/mol. The first-order valence-corrected chi connectivity index (χ1v) is 8.29. The van der Waals surface area contributed by atoms with Gasteiger partial charge in [0.1, 0.15) is 5.75 Å². The summed E-state index contributed by atoms with van der Waals surface area (Å²) in [4.78, 5) is 25.3. The molecule has 0 aliphatic heterocycles. The molecular formula is C17H21BrN2O4. The molecule has 2 atom stereocenters. The van der Waals surface area contributed by atoms with E-state index in [0.717, 1.165) is 9.37 Å². The fraction of sp³-hybridized carbons (Fsp3) is 0.471. The van der Waals surface area contributed by atoms with Gasteiger partial charge in [-0.3, -0.25) is 14.5 Å². The van der Waals surface area contributed by atoms with Gasteiger partial charge in [0.25, 0.3) is 0 Å². The molecule has 2 amide bonds. The molecule has 0 spiro atoms. The van der Waals surface area contributed by atoms with Crippen molar-refractivity contribution in [2.75, 3.05) is 13.7 Å². The third kappa shape index (κ3) is 4.56. The molecule has 24 heavy (non-hydrogen) atoms. The van der Waals surface area contributed by atoms with Crippen molar-refractivity contribution in [3.8, 4) is 11.8 Å². The molecule has 0 heterocycles. The van der Waals surface area contributed by atoms with Crippen LogP contribution in [0.4, 0.5) is 0 Å². The maximum atomic E-state index is 12.9. The lowest BCUT2D eigenvalue weighted by atomic mass is 9.92. The Kier molecular flexibility index (Phi) is 7.89. The van der Waals surface area contributed by atoms with Crippen LogP contribution < -0.4 is 4.74 Å². The van der Waals surface area contributed by atoms with Crippen molar-refractivity contribution in [1.29, 1.82) is 5.26 Å². The van der Waals surface area contributed by atoms with Gasteiger partial charge in [-0.05, 0) is 18.1 Å². The number of hydrogen-bond acceptors (Lipinski definition) is 5. The fourth-order valence-corrected chi connectivity index (χ4v) is 2.83. The van der Waals surface area contributed by atoms with Crippen LogP contribution in [0, 0.1) is 17.2 Å². The Balaban J connectivity index is 3.31. The molecule has 0 radical (unpaired) electrons. The van der Waals surface area contributed by atoms with Gasteiger partial charge in [-0.25, -0.2) is 0 Å². The van der Waals surface area contributed by atoms with E-state index < -0.39 is 17.9 Å². The number of aliphatic hydroxyl groups excluding tert-OH is 1. The summed E-state index contributed by atoms with van der Waals surface area (Å²) in [5.74, 6) is -1.04. The Hall–Kier alpha value is -1.91. The zero-order valence-electron chi connectivity index (χ0n) is 13.9. The maximum absolute atomic E-state index is 12.9. The monoisotopic (exact) mass is 396 g/mol. The topological polar surface area (TPSA) is 90.6 Å². The first-order valence-electron chi connectivity index (χ1n) is 7.49. The summed E-state index contributed by atoms with van der Waals surface area (Å²) >= 11 is 3.33. The molecule has 0 aromatic heterocycles. The molecule has 1 rings (SSSR count). The highest BCUT2D eigenvalue weighted by Crippen LogP contribution is 2.33. The van der Waals surface area contributed by atoms with Crippen LogP contribution in [-0.4, -0.2) is 42.1 Å². The lowest BCUT2D eigenvalue weighted by molar-refractivity contribution is -0.144. The molecule has 130 valence electrons. The molecule has 1 aromatic rings. The van der Waals surface area contributed by atoms with E-state index in [0.29, 0.717) is 17.7 Å². The maximum Gasteiger partial charge on any atom is 0.238 e. The zero-order valence-corrected chi connectivity index (χ0v) is 15.5. The molecule has 1 aromatic carbocycles. The van der Waals surface area contributed by atoms with Crippen molar-refractivity contribution < 1.29 is 19.4 Å². The van der Waals surface area contributed by atoms with Crippen LogP contribution in [0.15, 0.2) is 22.7 Å². The number of ether oxygens (including phenoxy) is 1. The largest absolute Gasteiger partial charge is 0.496 e. The van der Waals surface area contributed by atoms with Gasteiger partial charge in [-0.15, -0.1) is 0 Å². The number of imide groups is 1. The van der Waals surface area contributed by atoms with E-state index in [1.54, 1.807) is 18.2 Å². The lowest BCUT2D eigenvalue weighted by Crippen LogP contribution is -2.46. The van der Waals surface area contributed by atoms with Crippen molar-refractivity contribution in [3.05, 3.63) is 28.2 Å². The van der Waals surface area contributed by atoms with Crippen LogP contribution in [0.5, 0.6) is 5.75 Å². The van der Waals surface area contributed by atoms with Crippen LogP contribution in [0.1, 0.15) is 31.7 Å². The second-order valence-electron chi connectivity index (χ2n) is 5.65. The smallest absolute Gasteiger partial charge is 0.238 e. The molecule has 0 bridgehead atoms. The van der Waals surface area contributed by atoms with Crippen LogP contribution in [-0.2, 0) is 9.59 Å². The van der Waals surface area contributed by atoms with E-state index in [-0.39, 0.29) is 18.9 Å². The molecular weight excluding hydrogens is 376 g/mol. The Labute approximate surface area is 150 Å². The van der Waals surface area contributed by atoms with Crippen molar-refractivity contribution in [2.45, 2.75) is 32.2 Å². The van der Waals surface area contributed by atoms with Gasteiger partial charge >= 0.3 is 0 Å². The minimum atomic E-state index is -0.851. The Morgan fingerprint density at radius 1 is 1.50 bits per heavy atom. The summed E-state index contributed by atoms with van der Waals surface area (Å²) in [5, 5.41) is 18.6. The molecule has 7 heteroatoms. The molecule has 6 nitrogen and oxygen atoms in total. The van der Waals surface area contributed by atoms with Crippen LogP contribution in [0.25, 0.3) is 0 Å². The number of nitriles is 1. The first-order chi connectivity index (χ1) is 11.4. The standard InChI is InChI=1S/C17H21BrN2O4/c1-11(2)15(9-21)20(10-22)17(23)14(6-7-19)13-5-4-12(18)8-16(13)24-3/h4-5,8,10-11,14-15,21H,6,9H2,1-3H3/t14-,15+/m0/s1. The van der Waals surface area contributed by atoms with Gasteiger partial charge in [0, 0.05) is 10.0 Å². The van der Waals surface area contributed by atoms with Crippen LogP contribution >= 0.6 is 15.9 Å². The van der Waals surface area contributed by atoms with Gasteiger partial charge in [-0.2, -0.15) is 5.26 Å². The molecule has 0 saturated carbocycles. The number of rotatable bonds is 8. The summed E-state index contributed by atoms with van der Waals surface area (Å²) in [6, 6.07) is 6.47. The summed E-state index contributed by atoms with van der Waals surface area (Å²) in [5.41, 5.74) is 0.527. The van der Waals surface area contributed by atoms with Crippen molar-refractivity contribution in [1.82, 2.24) is 4.90 Å². The molecule has 0 fully saturated rings. The second kappa shape index (κ2) is 9.40. The zero-order chi connectivity index (χ0) is 18.3. The number of carbonyl (C=O) groups is 2. The summed E-state index contributed by atoms with van der Waals surface area (Å²) < 4.78 is 6.08. The quantitative estimate of drug-likeness (QED) is 0.681. The number of hydrogen-bond donors (Lipinski definition) is 1. The molecule has 1 N–H and O–H groups in total. The number of nitrogens with zero attached hydrogens (tertiary/aromatic N) is 2. The third-order valence-corrected chi connectivity index (χ3v) is 4.34. The minimum Gasteiger partial charge on any atom is -0.496 e. The lowest BCUT2D eigenvalue weighted by Gasteiger charge is -2.31. The first kappa shape index (κ1) is 20.1. The summed E-state index contributed by atoms with van der Waals surface area (Å²) in [7, 11) is 1.47. The van der Waals surface area contributed by atoms with E-state index >= 15 is 0 Å². The number of amides is 2. The predicted octanol–water partition coefficient (Wildman–Crippen LogP) is 2.46. The minimum absolute atomic E-state index is 0.0998. The Bertz CT molecular complexity index is 628. The number of carbonyl (C=O) groups excluding carboxylic acids is 2. The molecule has 0 unspecified atom stereocenters. The van der Waals surface area contributed by atoms with Crippen molar-refractivity contribution in [2.24, 2.45) is 5.92 Å². The highest BCUT2D eigenvalue weighted by Gasteiger charge is 2.33. The third-order valence-electron chi connectivity index (χ3n) is 3.85. The van der Waals surface area contributed by atoms with Gasteiger partial charge in [0.2, 0.25) is 12.3 Å². The predicted molar refractivity (Wildman–Crippen MR) is 92.3 cm³/mol. The summed E-state index contributed by atoms with van der Waals surface area (Å²) in [6.45, 7) is 3.28. The number of methoxy groups -OCH3 is 1. The van der Waals surface area contributed by atoms with E-state index in [4.69, 9.17) is 10.00 Å². The second-order valence-corrected chi connectivity index (χ2v) is 6.56. The number of benzene rings is 1. The Morgan fingerprint density at radius 3 is 2.62 bits per heavy atom. The van der Waals surface area contributed by atoms with Gasteiger partial charge in [0.05, 0.1) is 38.2 Å². The molecule has 0 aliphatic carbocycles. The normalized spacial score (nSPS) is 13.0. The number of aliphatic hydroxyl groups is 1. The van der Waals surface area contributed by atoms with E-state index in [2.05, 4.69) is 15.9 Å². The van der Waals surface area contributed by atoms with Crippen molar-refractivity contribution >= 4 is 28.2 Å².